The van der Waals surface area contributed by atoms with E-state index in [0.717, 1.165) is 27.8 Å². The molecule has 7 heteroatoms. The van der Waals surface area contributed by atoms with E-state index < -0.39 is 6.04 Å². The minimum Gasteiger partial charge on any atom is -0.494 e. The Morgan fingerprint density at radius 2 is 1.81 bits per heavy atom. The van der Waals surface area contributed by atoms with Gasteiger partial charge in [0.1, 0.15) is 5.75 Å². The molecule has 1 aliphatic rings. The Kier molecular flexibility index (Phi) is 6.08. The molecule has 1 N–H and O–H groups in total. The summed E-state index contributed by atoms with van der Waals surface area (Å²) in [6, 6.07) is 10.7. The van der Waals surface area contributed by atoms with Gasteiger partial charge in [0.2, 0.25) is 5.91 Å². The van der Waals surface area contributed by atoms with Crippen LogP contribution in [-0.2, 0) is 11.2 Å². The Balaban J connectivity index is 1.94. The van der Waals surface area contributed by atoms with Crippen LogP contribution in [0.3, 0.4) is 0 Å². The standard InChI is InChI=1S/C25H28N2O5/c1-5-23(28)27-10-9-15-13-21(30-3)22(31-4)14-18(15)24(27)19-12-16-11-17(32-6-2)7-8-20(16)26-25(19)29/h7-8,11-14,24H,5-6,9-10H2,1-4H3,(H,26,29)/t24-/m1/s1. The molecule has 1 aliphatic heterocycles. The SMILES string of the molecule is CCOc1ccc2[nH]c(=O)c([C@H]3c4cc(OC)c(OC)cc4CCN3C(=O)CC)cc2c1. The summed E-state index contributed by atoms with van der Waals surface area (Å²) >= 11 is 0. The zero-order chi connectivity index (χ0) is 22.8. The van der Waals surface area contributed by atoms with Gasteiger partial charge in [0, 0.05) is 29.4 Å². The zero-order valence-corrected chi connectivity index (χ0v) is 18.9. The lowest BCUT2D eigenvalue weighted by Gasteiger charge is -2.37. The molecule has 0 fully saturated rings. The van der Waals surface area contributed by atoms with Gasteiger partial charge in [-0.25, -0.2) is 0 Å². The van der Waals surface area contributed by atoms with Crippen molar-refractivity contribution in [2.75, 3.05) is 27.4 Å². The quantitative estimate of drug-likeness (QED) is 0.635. The van der Waals surface area contributed by atoms with E-state index in [9.17, 15) is 9.59 Å². The van der Waals surface area contributed by atoms with Crippen molar-refractivity contribution in [2.24, 2.45) is 0 Å². The van der Waals surface area contributed by atoms with Gasteiger partial charge in [-0.1, -0.05) is 6.92 Å². The predicted molar refractivity (Wildman–Crippen MR) is 123 cm³/mol. The Bertz CT molecular complexity index is 1220. The number of H-pyrrole nitrogens is 1. The molecular formula is C25H28N2O5. The lowest BCUT2D eigenvalue weighted by atomic mass is 9.87. The molecule has 1 aromatic heterocycles. The first kappa shape index (κ1) is 21.7. The summed E-state index contributed by atoms with van der Waals surface area (Å²) in [7, 11) is 3.18. The fourth-order valence-corrected chi connectivity index (χ4v) is 4.41. The molecule has 0 aliphatic carbocycles. The summed E-state index contributed by atoms with van der Waals surface area (Å²) in [6.45, 7) is 4.84. The number of nitrogens with one attached hydrogen (secondary N) is 1. The maximum absolute atomic E-state index is 13.2. The molecule has 4 rings (SSSR count). The number of fused-ring (bicyclic) bond motifs is 2. The maximum Gasteiger partial charge on any atom is 0.254 e. The maximum atomic E-state index is 13.2. The van der Waals surface area contributed by atoms with Crippen molar-refractivity contribution in [3.8, 4) is 17.2 Å². The van der Waals surface area contributed by atoms with Crippen molar-refractivity contribution in [3.63, 3.8) is 0 Å². The number of ether oxygens (including phenoxy) is 3. The van der Waals surface area contributed by atoms with E-state index >= 15 is 0 Å². The second-order valence-electron chi connectivity index (χ2n) is 7.74. The fraction of sp³-hybridized carbons (Fsp3) is 0.360. The lowest BCUT2D eigenvalue weighted by Crippen LogP contribution is -2.42. The number of aromatic nitrogens is 1. The lowest BCUT2D eigenvalue weighted by molar-refractivity contribution is -0.132. The zero-order valence-electron chi connectivity index (χ0n) is 18.9. The van der Waals surface area contributed by atoms with Gasteiger partial charge in [0.15, 0.2) is 11.5 Å². The number of carbonyl (C=O) groups excluding carboxylic acids is 1. The number of carbonyl (C=O) groups is 1. The van der Waals surface area contributed by atoms with Gasteiger partial charge in [0.05, 0.1) is 26.9 Å². The first-order chi connectivity index (χ1) is 15.5. The monoisotopic (exact) mass is 436 g/mol. The predicted octanol–water partition coefficient (Wildman–Crippen LogP) is 3.83. The molecule has 1 amide bonds. The molecule has 7 nitrogen and oxygen atoms in total. The average Bonchev–Trinajstić information content (AvgIpc) is 2.81. The van der Waals surface area contributed by atoms with Crippen LogP contribution < -0.4 is 19.8 Å². The summed E-state index contributed by atoms with van der Waals surface area (Å²) in [5, 5.41) is 0.849. The number of nitrogens with zero attached hydrogens (tertiary/aromatic N) is 1. The fourth-order valence-electron chi connectivity index (χ4n) is 4.41. The molecule has 168 valence electrons. The van der Waals surface area contributed by atoms with Gasteiger partial charge in [-0.05, 0) is 60.9 Å². The third-order valence-corrected chi connectivity index (χ3v) is 5.95. The highest BCUT2D eigenvalue weighted by Crippen LogP contribution is 2.41. The Morgan fingerprint density at radius 3 is 2.50 bits per heavy atom. The third-order valence-electron chi connectivity index (χ3n) is 5.95. The molecule has 0 bridgehead atoms. The topological polar surface area (TPSA) is 80.9 Å². The molecular weight excluding hydrogens is 408 g/mol. The molecule has 0 unspecified atom stereocenters. The van der Waals surface area contributed by atoms with E-state index in [1.54, 1.807) is 19.1 Å². The smallest absolute Gasteiger partial charge is 0.254 e. The van der Waals surface area contributed by atoms with Crippen LogP contribution in [0.5, 0.6) is 17.2 Å². The second kappa shape index (κ2) is 8.94. The van der Waals surface area contributed by atoms with Crippen LogP contribution in [0.2, 0.25) is 0 Å². The number of methoxy groups -OCH3 is 2. The first-order valence-electron chi connectivity index (χ1n) is 10.8. The van der Waals surface area contributed by atoms with E-state index in [1.165, 1.54) is 0 Å². The molecule has 2 heterocycles. The normalized spacial score (nSPS) is 15.4. The number of rotatable bonds is 6. The van der Waals surface area contributed by atoms with Gasteiger partial charge in [0.25, 0.3) is 5.56 Å². The number of aromatic amines is 1. The van der Waals surface area contributed by atoms with Gasteiger partial charge in [-0.15, -0.1) is 0 Å². The van der Waals surface area contributed by atoms with Crippen molar-refractivity contribution in [2.45, 2.75) is 32.7 Å². The molecule has 1 atom stereocenters. The molecule has 0 spiro atoms. The summed E-state index contributed by atoms with van der Waals surface area (Å²) in [5.41, 5.74) is 2.93. The van der Waals surface area contributed by atoms with Gasteiger partial charge >= 0.3 is 0 Å². The molecule has 32 heavy (non-hydrogen) atoms. The molecule has 0 saturated heterocycles. The van der Waals surface area contributed by atoms with E-state index in [4.69, 9.17) is 14.2 Å². The van der Waals surface area contributed by atoms with Crippen molar-refractivity contribution < 1.29 is 19.0 Å². The van der Waals surface area contributed by atoms with Gasteiger partial charge in [-0.2, -0.15) is 0 Å². The minimum atomic E-state index is -0.519. The number of benzene rings is 2. The number of hydrogen-bond donors (Lipinski definition) is 1. The van der Waals surface area contributed by atoms with Gasteiger partial charge < -0.3 is 24.1 Å². The Labute approximate surface area is 186 Å². The van der Waals surface area contributed by atoms with Crippen molar-refractivity contribution >= 4 is 16.8 Å². The minimum absolute atomic E-state index is 0.00185. The number of amides is 1. The molecule has 0 radical (unpaired) electrons. The second-order valence-corrected chi connectivity index (χ2v) is 7.74. The largest absolute Gasteiger partial charge is 0.494 e. The summed E-state index contributed by atoms with van der Waals surface area (Å²) in [4.78, 5) is 30.9. The van der Waals surface area contributed by atoms with Crippen LogP contribution in [0.15, 0.2) is 41.2 Å². The average molecular weight is 437 g/mol. The van der Waals surface area contributed by atoms with Crippen molar-refractivity contribution in [1.29, 1.82) is 0 Å². The van der Waals surface area contributed by atoms with Crippen LogP contribution in [0.4, 0.5) is 0 Å². The van der Waals surface area contributed by atoms with Crippen LogP contribution >= 0.6 is 0 Å². The summed E-state index contributed by atoms with van der Waals surface area (Å²) in [5.74, 6) is 1.93. The van der Waals surface area contributed by atoms with Crippen molar-refractivity contribution in [3.05, 3.63) is 63.4 Å². The number of hydrogen-bond acceptors (Lipinski definition) is 5. The highest BCUT2D eigenvalue weighted by Gasteiger charge is 2.34. The highest BCUT2D eigenvalue weighted by atomic mass is 16.5. The summed E-state index contributed by atoms with van der Waals surface area (Å²) in [6.07, 6.45) is 1.04. The molecule has 2 aromatic carbocycles. The van der Waals surface area contributed by atoms with Gasteiger partial charge in [-0.3, -0.25) is 9.59 Å². The van der Waals surface area contributed by atoms with Crippen LogP contribution in [0.1, 0.15) is 43.0 Å². The van der Waals surface area contributed by atoms with Crippen LogP contribution in [0.25, 0.3) is 10.9 Å². The summed E-state index contributed by atoms with van der Waals surface area (Å²) < 4.78 is 16.6. The third kappa shape index (κ3) is 3.79. The highest BCUT2D eigenvalue weighted by molar-refractivity contribution is 5.82. The van der Waals surface area contributed by atoms with Crippen LogP contribution in [-0.4, -0.2) is 43.2 Å². The van der Waals surface area contributed by atoms with Crippen LogP contribution in [0, 0.1) is 0 Å². The number of pyridine rings is 1. The van der Waals surface area contributed by atoms with Crippen molar-refractivity contribution in [1.82, 2.24) is 9.88 Å². The van der Waals surface area contributed by atoms with E-state index in [0.29, 0.717) is 43.1 Å². The van der Waals surface area contributed by atoms with E-state index in [2.05, 4.69) is 4.98 Å². The molecule has 0 saturated carbocycles. The Hall–Kier alpha value is -3.48. The van der Waals surface area contributed by atoms with E-state index in [-0.39, 0.29) is 11.5 Å². The first-order valence-corrected chi connectivity index (χ1v) is 10.8. The Morgan fingerprint density at radius 1 is 1.06 bits per heavy atom. The molecule has 3 aromatic rings. The van der Waals surface area contributed by atoms with E-state index in [1.807, 2.05) is 50.2 Å².